The van der Waals surface area contributed by atoms with Crippen molar-refractivity contribution in [3.8, 4) is 34.9 Å². The van der Waals surface area contributed by atoms with E-state index in [1.807, 2.05) is 11.3 Å². The summed E-state index contributed by atoms with van der Waals surface area (Å²) in [6.07, 6.45) is 11.8. The van der Waals surface area contributed by atoms with Crippen LogP contribution in [0.15, 0.2) is 164 Å². The second-order valence-electron chi connectivity index (χ2n) is 24.2. The lowest BCUT2D eigenvalue weighted by Crippen LogP contribution is -2.19. The minimum absolute atomic E-state index is 0.0753. The van der Waals surface area contributed by atoms with Crippen molar-refractivity contribution < 1.29 is 0 Å². The van der Waals surface area contributed by atoms with Crippen LogP contribution in [-0.2, 0) is 11.8 Å². The van der Waals surface area contributed by atoms with E-state index in [2.05, 4.69) is 248 Å². The quantitative estimate of drug-likeness (QED) is 0.176. The lowest BCUT2D eigenvalue weighted by Gasteiger charge is -2.29. The van der Waals surface area contributed by atoms with Crippen LogP contribution in [0.4, 0.5) is 0 Å². The molecule has 0 saturated heterocycles. The molecule has 17 rings (SSSR count). The molecule has 0 radical (unpaired) electrons. The van der Waals surface area contributed by atoms with E-state index in [0.717, 1.165) is 139 Å². The number of nitrogens with zero attached hydrogens (tertiary/aromatic N) is 6. The Morgan fingerprint density at radius 3 is 1.67 bits per heavy atom. The predicted octanol–water partition coefficient (Wildman–Crippen LogP) is 20.6. The normalized spacial score (nSPS) is 14.5. The van der Waals surface area contributed by atoms with Crippen LogP contribution < -0.4 is 0 Å². The highest BCUT2D eigenvalue weighted by Gasteiger charge is 2.38. The Kier molecular flexibility index (Phi) is 10.1. The third kappa shape index (κ3) is 6.46. The Morgan fingerprint density at radius 2 is 1.02 bits per heavy atom. The van der Waals surface area contributed by atoms with Crippen molar-refractivity contribution >= 4 is 141 Å². The molecule has 6 aromatic heterocycles. The number of hydrogen-bond acceptors (Lipinski definition) is 4. The summed E-state index contributed by atoms with van der Waals surface area (Å²) >= 11 is 3.61. The SMILES string of the molecule is Cc1cc2c3ccc4c5ccccc5sc4c3n(-c3c(C#N)c(-n4c5c(c6ccccc64)CCC=C5)c(-n4c5ccc(C(C)(C)C)cc5c5ccc6c7ccccc7sc6c54)c(-n4c5c(c6ccccc64)C=CC[C@H]5C)c3C#N)c2cc1C. The molecule has 2 aliphatic carbocycles. The first kappa shape index (κ1) is 48.3. The number of benzene rings is 9. The van der Waals surface area contributed by atoms with Gasteiger partial charge >= 0.3 is 0 Å². The van der Waals surface area contributed by atoms with Gasteiger partial charge in [-0.3, -0.25) is 0 Å². The van der Waals surface area contributed by atoms with Crippen LogP contribution in [0.25, 0.3) is 141 Å². The average molecular weight is 1100 g/mol. The number of thiophene rings is 2. The van der Waals surface area contributed by atoms with Crippen LogP contribution in [0, 0.1) is 36.5 Å². The van der Waals surface area contributed by atoms with Crippen LogP contribution in [0.5, 0.6) is 0 Å². The molecule has 1 atom stereocenters. The molecule has 9 aromatic carbocycles. The van der Waals surface area contributed by atoms with Crippen molar-refractivity contribution in [1.82, 2.24) is 18.3 Å². The molecule has 83 heavy (non-hydrogen) atoms. The smallest absolute Gasteiger partial charge is 0.104 e. The van der Waals surface area contributed by atoms with Gasteiger partial charge in [-0.25, -0.2) is 0 Å². The number of aromatic nitrogens is 4. The Balaban J connectivity index is 1.21. The molecular weight excluding hydrogens is 1050 g/mol. The third-order valence-electron chi connectivity index (χ3n) is 18.6. The van der Waals surface area contributed by atoms with E-state index in [1.165, 1.54) is 42.2 Å². The topological polar surface area (TPSA) is 67.3 Å². The first-order valence-corrected chi connectivity index (χ1v) is 30.5. The lowest BCUT2D eigenvalue weighted by atomic mass is 9.86. The monoisotopic (exact) mass is 1100 g/mol. The molecule has 6 heterocycles. The molecule has 8 heteroatoms. The van der Waals surface area contributed by atoms with Crippen molar-refractivity contribution in [1.29, 1.82) is 10.5 Å². The summed E-state index contributed by atoms with van der Waals surface area (Å²) in [6.45, 7) is 13.6. The van der Waals surface area contributed by atoms with E-state index < -0.39 is 0 Å². The maximum absolute atomic E-state index is 13.0. The number of aryl methyl sites for hydroxylation is 3. The predicted molar refractivity (Wildman–Crippen MR) is 352 cm³/mol. The zero-order chi connectivity index (χ0) is 55.9. The van der Waals surface area contributed by atoms with E-state index in [-0.39, 0.29) is 11.3 Å². The molecular formula is C75H54N6S2. The van der Waals surface area contributed by atoms with E-state index in [0.29, 0.717) is 16.8 Å². The van der Waals surface area contributed by atoms with Crippen molar-refractivity contribution in [2.75, 3.05) is 0 Å². The molecule has 2 aliphatic rings. The highest BCUT2D eigenvalue weighted by atomic mass is 32.1. The number of para-hydroxylation sites is 2. The second-order valence-corrected chi connectivity index (χ2v) is 26.3. The molecule has 0 spiro atoms. The number of rotatable bonds is 4. The molecule has 0 unspecified atom stereocenters. The summed E-state index contributed by atoms with van der Waals surface area (Å²) in [5, 5.41) is 37.5. The molecule has 0 bridgehead atoms. The molecule has 0 fully saturated rings. The van der Waals surface area contributed by atoms with Gasteiger partial charge in [0.05, 0.1) is 65.2 Å². The van der Waals surface area contributed by atoms with E-state index in [9.17, 15) is 10.5 Å². The van der Waals surface area contributed by atoms with Crippen LogP contribution in [0.1, 0.15) is 96.8 Å². The fourth-order valence-electron chi connectivity index (χ4n) is 14.6. The Hall–Kier alpha value is -9.44. The number of allylic oxidation sites excluding steroid dienone is 2. The fraction of sp³-hybridized carbons (Fsp3) is 0.147. The van der Waals surface area contributed by atoms with Gasteiger partial charge in [0.2, 0.25) is 0 Å². The van der Waals surface area contributed by atoms with Gasteiger partial charge in [0.25, 0.3) is 0 Å². The summed E-state index contributed by atoms with van der Waals surface area (Å²) in [6, 6.07) is 62.0. The molecule has 0 amide bonds. The fourth-order valence-corrected chi connectivity index (χ4v) is 17.1. The summed E-state index contributed by atoms with van der Waals surface area (Å²) in [5.41, 5.74) is 17.8. The van der Waals surface area contributed by atoms with Crippen molar-refractivity contribution in [3.05, 3.63) is 214 Å². The van der Waals surface area contributed by atoms with Crippen molar-refractivity contribution in [2.45, 2.75) is 72.1 Å². The Bertz CT molecular complexity index is 5600. The molecule has 6 nitrogen and oxygen atoms in total. The van der Waals surface area contributed by atoms with Gasteiger partial charge in [-0.2, -0.15) is 10.5 Å². The second kappa shape index (κ2) is 17.3. The van der Waals surface area contributed by atoms with Gasteiger partial charge in [0.1, 0.15) is 23.3 Å². The van der Waals surface area contributed by atoms with Crippen LogP contribution in [0.3, 0.4) is 0 Å². The number of fused-ring (bicyclic) bond motifs is 20. The first-order valence-electron chi connectivity index (χ1n) is 28.9. The lowest BCUT2D eigenvalue weighted by molar-refractivity contribution is 0.591. The Labute approximate surface area is 487 Å². The van der Waals surface area contributed by atoms with Gasteiger partial charge in [0, 0.05) is 86.1 Å². The minimum atomic E-state index is -0.147. The highest BCUT2D eigenvalue weighted by Crippen LogP contribution is 2.53. The minimum Gasteiger partial charge on any atom is -0.309 e. The summed E-state index contributed by atoms with van der Waals surface area (Å²) < 4.78 is 14.4. The van der Waals surface area contributed by atoms with Crippen LogP contribution in [-0.4, -0.2) is 18.3 Å². The van der Waals surface area contributed by atoms with E-state index in [1.54, 1.807) is 11.3 Å². The Morgan fingerprint density at radius 1 is 0.482 bits per heavy atom. The molecule has 0 N–H and O–H groups in total. The number of hydrogen-bond donors (Lipinski definition) is 0. The zero-order valence-electron chi connectivity index (χ0n) is 46.9. The van der Waals surface area contributed by atoms with Gasteiger partial charge < -0.3 is 18.3 Å². The molecule has 396 valence electrons. The van der Waals surface area contributed by atoms with Gasteiger partial charge in [0.15, 0.2) is 0 Å². The van der Waals surface area contributed by atoms with Gasteiger partial charge in [-0.1, -0.05) is 149 Å². The van der Waals surface area contributed by atoms with E-state index >= 15 is 0 Å². The maximum atomic E-state index is 13.0. The largest absolute Gasteiger partial charge is 0.309 e. The highest BCUT2D eigenvalue weighted by molar-refractivity contribution is 7.27. The zero-order valence-corrected chi connectivity index (χ0v) is 48.6. The van der Waals surface area contributed by atoms with Crippen LogP contribution in [0.2, 0.25) is 0 Å². The van der Waals surface area contributed by atoms with Crippen molar-refractivity contribution in [2.24, 2.45) is 0 Å². The summed E-state index contributed by atoms with van der Waals surface area (Å²) in [5.74, 6) is 0.0753. The van der Waals surface area contributed by atoms with Crippen molar-refractivity contribution in [3.63, 3.8) is 0 Å². The number of nitriles is 2. The summed E-state index contributed by atoms with van der Waals surface area (Å²) in [7, 11) is 0. The van der Waals surface area contributed by atoms with E-state index in [4.69, 9.17) is 0 Å². The molecule has 0 saturated carbocycles. The third-order valence-corrected chi connectivity index (χ3v) is 21.0. The summed E-state index contributed by atoms with van der Waals surface area (Å²) in [4.78, 5) is 0. The standard InChI is InChI=1S/C75H54N6S2/c1-41-18-17-24-50-47-21-9-14-27-61(47)79(66(41)50)69-58(40-77)67(81-63-37-43(3)42(2)36-55(63)51-31-33-54-49-23-11-16-29-65(49)83-74(54)71(51)81)57(39-76)68(78-59-25-12-7-19-45(59)46-20-8-13-26-60(46)78)72(69)80-62-35-30-44(75(4,5)6)38-56(62)52-32-34-53-48-22-10-15-28-64(48)82-73(53)70(52)80/h7,9-17,19,21-38,41H,8,18,20H2,1-6H3/t41-/m1/s1. The first-order chi connectivity index (χ1) is 40.5. The van der Waals surface area contributed by atoms with Gasteiger partial charge in [-0.15, -0.1) is 22.7 Å². The molecule has 15 aromatic rings. The molecule has 0 aliphatic heterocycles. The van der Waals surface area contributed by atoms with Gasteiger partial charge in [-0.05, 0) is 115 Å². The maximum Gasteiger partial charge on any atom is 0.104 e. The average Bonchev–Trinajstić information content (AvgIpc) is 1.83. The van der Waals surface area contributed by atoms with Crippen LogP contribution >= 0.6 is 22.7 Å².